The zero-order chi connectivity index (χ0) is 44.6. The molecule has 0 saturated carbocycles. The fraction of sp³-hybridized carbons (Fsp3) is 0.391. The molecule has 2 aliphatic rings. The number of nitro groups is 1. The van der Waals surface area contributed by atoms with Gasteiger partial charge in [-0.25, -0.2) is 22.0 Å². The first-order chi connectivity index (χ1) is 29.1. The largest absolute Gasteiger partial charge is 0.481 e. The molecule has 0 spiro atoms. The standard InChI is InChI=1S/C46H47F5N4O6/c1-5-8-20-46(21-9-6-2)37(53(22-19-38(57)58)34-11-10-12-35(39(34)46)55(59)60)18-15-30(27-52)14-17-36-45(4,26-31-40(47)42(49)44(51)43(50)41(31)48)32-25-29(7-3)13-16-33(32)54(36)23-24-61-28-56/h10-18,25,28H,5-9,19-24,26H2,1-4H3/p+1. The Balaban J connectivity index is 1.74. The summed E-state index contributed by atoms with van der Waals surface area (Å²) in [5.41, 5.74) is 0.299. The number of nitriles is 1. The molecule has 0 aromatic heterocycles. The van der Waals surface area contributed by atoms with E-state index in [9.17, 15) is 43.2 Å². The van der Waals surface area contributed by atoms with Crippen molar-refractivity contribution in [1.29, 1.82) is 5.26 Å². The number of hydrogen-bond donors (Lipinski definition) is 1. The second-order valence-corrected chi connectivity index (χ2v) is 15.4. The molecule has 2 aliphatic heterocycles. The number of carbonyl (C=O) groups excluding carboxylic acids is 1. The molecule has 0 bridgehead atoms. The fourth-order valence-electron chi connectivity index (χ4n) is 8.76. The van der Waals surface area contributed by atoms with Gasteiger partial charge in [-0.05, 0) is 68.5 Å². The molecular weight excluding hydrogens is 800 g/mol. The van der Waals surface area contributed by atoms with Crippen molar-refractivity contribution < 1.29 is 50.9 Å². The number of carbonyl (C=O) groups is 2. The molecule has 1 atom stereocenters. The summed E-state index contributed by atoms with van der Waals surface area (Å²) in [5.74, 6) is -11.5. The predicted octanol–water partition coefficient (Wildman–Crippen LogP) is 10.1. The Bertz CT molecular complexity index is 2350. The van der Waals surface area contributed by atoms with Crippen molar-refractivity contribution in [2.75, 3.05) is 24.6 Å². The highest BCUT2D eigenvalue weighted by Crippen LogP contribution is 2.57. The molecule has 2 heterocycles. The Morgan fingerprint density at radius 1 is 1.02 bits per heavy atom. The van der Waals surface area contributed by atoms with Gasteiger partial charge in [-0.2, -0.15) is 9.84 Å². The van der Waals surface area contributed by atoms with Crippen LogP contribution in [0.25, 0.3) is 0 Å². The van der Waals surface area contributed by atoms with Crippen LogP contribution < -0.4 is 4.90 Å². The zero-order valence-corrected chi connectivity index (χ0v) is 34.5. The SMILES string of the molecule is CCCCC1(CCCC)\C(=C/C=C(C#N)/C=C/C2=[N+](CCOC=O)c3ccc(CC)cc3C2(C)Cc2c(F)c(F)c(F)c(F)c2F)N(CCC(=O)O)c2cccc([N+](=O)[O-])c21. The van der Waals surface area contributed by atoms with Gasteiger partial charge in [-0.15, -0.1) is 0 Å². The monoisotopic (exact) mass is 847 g/mol. The van der Waals surface area contributed by atoms with Crippen molar-refractivity contribution in [2.45, 2.75) is 96.3 Å². The number of hydrogen-bond acceptors (Lipinski definition) is 7. The average Bonchev–Trinajstić information content (AvgIpc) is 3.65. The van der Waals surface area contributed by atoms with Crippen molar-refractivity contribution in [3.8, 4) is 6.07 Å². The molecule has 0 radical (unpaired) electrons. The lowest BCUT2D eigenvalue weighted by Crippen LogP contribution is -2.35. The van der Waals surface area contributed by atoms with Gasteiger partial charge in [0.2, 0.25) is 11.5 Å². The quantitative estimate of drug-likeness (QED) is 0.0113. The normalized spacial score (nSPS) is 17.5. The van der Waals surface area contributed by atoms with Gasteiger partial charge in [-0.1, -0.05) is 58.6 Å². The van der Waals surface area contributed by atoms with Gasteiger partial charge in [0.15, 0.2) is 35.5 Å². The van der Waals surface area contributed by atoms with Crippen molar-refractivity contribution in [1.82, 2.24) is 0 Å². The van der Waals surface area contributed by atoms with E-state index in [2.05, 4.69) is 6.07 Å². The van der Waals surface area contributed by atoms with Gasteiger partial charge in [0.25, 0.3) is 12.2 Å². The van der Waals surface area contributed by atoms with Gasteiger partial charge in [-0.3, -0.25) is 19.7 Å². The molecule has 5 rings (SSSR count). The number of carboxylic acids is 1. The van der Waals surface area contributed by atoms with Crippen LogP contribution in [0.5, 0.6) is 0 Å². The maximum absolute atomic E-state index is 15.4. The third kappa shape index (κ3) is 8.85. The summed E-state index contributed by atoms with van der Waals surface area (Å²) < 4.78 is 80.9. The number of rotatable bonds is 20. The number of aliphatic carboxylic acids is 1. The first kappa shape index (κ1) is 45.9. The van der Waals surface area contributed by atoms with Crippen LogP contribution in [0.1, 0.15) is 94.9 Å². The number of carboxylic acid groups (broad SMARTS) is 1. The van der Waals surface area contributed by atoms with Crippen LogP contribution in [-0.2, 0) is 38.0 Å². The highest BCUT2D eigenvalue weighted by atomic mass is 19.2. The van der Waals surface area contributed by atoms with E-state index < -0.39 is 62.8 Å². The average molecular weight is 848 g/mol. The molecule has 1 N–H and O–H groups in total. The summed E-state index contributed by atoms with van der Waals surface area (Å²) in [6.07, 6.45) is 9.68. The lowest BCUT2D eigenvalue weighted by atomic mass is 9.71. The predicted molar refractivity (Wildman–Crippen MR) is 219 cm³/mol. The third-order valence-corrected chi connectivity index (χ3v) is 11.7. The number of allylic oxidation sites excluding steroid dienone is 6. The molecule has 10 nitrogen and oxygen atoms in total. The van der Waals surface area contributed by atoms with Crippen molar-refractivity contribution in [3.05, 3.63) is 133 Å². The van der Waals surface area contributed by atoms with Crippen LogP contribution in [0.2, 0.25) is 0 Å². The smallest absolute Gasteiger partial charge is 0.305 e. The molecule has 0 aliphatic carbocycles. The Morgan fingerprint density at radius 3 is 2.25 bits per heavy atom. The summed E-state index contributed by atoms with van der Waals surface area (Å²) in [6.45, 7) is 7.61. The van der Waals surface area contributed by atoms with Crippen LogP contribution >= 0.6 is 0 Å². The summed E-state index contributed by atoms with van der Waals surface area (Å²) >= 11 is 0. The molecule has 61 heavy (non-hydrogen) atoms. The van der Waals surface area contributed by atoms with Gasteiger partial charge in [0.1, 0.15) is 6.61 Å². The number of unbranched alkanes of at least 4 members (excludes halogenated alkanes) is 2. The van der Waals surface area contributed by atoms with Crippen LogP contribution in [0.15, 0.2) is 72.0 Å². The van der Waals surface area contributed by atoms with E-state index in [1.54, 1.807) is 46.7 Å². The molecule has 0 fully saturated rings. The first-order valence-corrected chi connectivity index (χ1v) is 20.3. The highest BCUT2D eigenvalue weighted by Gasteiger charge is 2.51. The Labute approximate surface area is 351 Å². The van der Waals surface area contributed by atoms with E-state index in [0.717, 1.165) is 18.4 Å². The van der Waals surface area contributed by atoms with Gasteiger partial charge < -0.3 is 14.7 Å². The Kier molecular flexibility index (Phi) is 14.7. The van der Waals surface area contributed by atoms with E-state index in [-0.39, 0.29) is 43.8 Å². The number of fused-ring (bicyclic) bond motifs is 2. The molecule has 1 unspecified atom stereocenters. The number of anilines is 1. The van der Waals surface area contributed by atoms with E-state index >= 15 is 8.78 Å². The van der Waals surface area contributed by atoms with Crippen molar-refractivity contribution in [3.63, 3.8) is 0 Å². The third-order valence-electron chi connectivity index (χ3n) is 11.7. The second-order valence-electron chi connectivity index (χ2n) is 15.4. The Morgan fingerprint density at radius 2 is 1.67 bits per heavy atom. The molecule has 322 valence electrons. The highest BCUT2D eigenvalue weighted by molar-refractivity contribution is 6.04. The number of nitro benzene ring substituents is 1. The van der Waals surface area contributed by atoms with E-state index in [1.165, 1.54) is 24.3 Å². The number of nitrogens with zero attached hydrogens (tertiary/aromatic N) is 4. The maximum atomic E-state index is 15.4. The van der Waals surface area contributed by atoms with E-state index in [4.69, 9.17) is 4.74 Å². The lowest BCUT2D eigenvalue weighted by Gasteiger charge is -2.34. The minimum atomic E-state index is -2.28. The van der Waals surface area contributed by atoms with Crippen LogP contribution in [-0.4, -0.2) is 52.5 Å². The zero-order valence-electron chi connectivity index (χ0n) is 34.5. The summed E-state index contributed by atoms with van der Waals surface area (Å²) in [4.78, 5) is 37.0. The molecule has 15 heteroatoms. The maximum Gasteiger partial charge on any atom is 0.305 e. The number of benzene rings is 3. The van der Waals surface area contributed by atoms with Gasteiger partial charge >= 0.3 is 5.97 Å². The second kappa shape index (κ2) is 19.5. The van der Waals surface area contributed by atoms with Crippen molar-refractivity contribution in [2.24, 2.45) is 0 Å². The minimum absolute atomic E-state index is 0.00923. The first-order valence-electron chi connectivity index (χ1n) is 20.3. The van der Waals surface area contributed by atoms with Crippen LogP contribution in [0.3, 0.4) is 0 Å². The van der Waals surface area contributed by atoms with Crippen LogP contribution in [0, 0.1) is 50.5 Å². The summed E-state index contributed by atoms with van der Waals surface area (Å²) in [5, 5.41) is 32.8. The number of halogens is 5. The fourth-order valence-corrected chi connectivity index (χ4v) is 8.76. The van der Waals surface area contributed by atoms with E-state index in [0.29, 0.717) is 66.0 Å². The summed E-state index contributed by atoms with van der Waals surface area (Å²) in [6, 6.07) is 12.3. The minimum Gasteiger partial charge on any atom is -0.481 e. The Hall–Kier alpha value is -6.17. The van der Waals surface area contributed by atoms with E-state index in [1.807, 2.05) is 26.8 Å². The summed E-state index contributed by atoms with van der Waals surface area (Å²) in [7, 11) is 0. The van der Waals surface area contributed by atoms with Crippen LogP contribution in [0.4, 0.5) is 39.0 Å². The molecule has 3 aromatic rings. The van der Waals surface area contributed by atoms with Gasteiger partial charge in [0.05, 0.1) is 39.7 Å². The molecular formula is C46H48F5N4O6+. The van der Waals surface area contributed by atoms with Crippen molar-refractivity contribution >= 4 is 35.2 Å². The number of aryl methyl sites for hydroxylation is 1. The molecule has 0 saturated heterocycles. The molecule has 0 amide bonds. The molecule has 3 aromatic carbocycles. The van der Waals surface area contributed by atoms with Gasteiger partial charge in [0, 0.05) is 47.0 Å². The number of ether oxygens (including phenoxy) is 1. The lowest BCUT2D eigenvalue weighted by molar-refractivity contribution is -0.440. The topological polar surface area (TPSA) is 137 Å².